The number of nitrogens with one attached hydrogen (secondary N) is 1. The number of hydrogen-bond donors (Lipinski definition) is 2. The monoisotopic (exact) mass is 239 g/mol. The second kappa shape index (κ2) is 5.30. The molecule has 0 aliphatic heterocycles. The number of thiophene rings is 1. The van der Waals surface area contributed by atoms with Crippen LogP contribution in [0.5, 0.6) is 0 Å². The molecule has 0 saturated heterocycles. The Morgan fingerprint density at radius 3 is 2.62 bits per heavy atom. The number of aliphatic hydroxyl groups is 1. The third-order valence-electron chi connectivity index (χ3n) is 3.55. The predicted octanol–water partition coefficient (Wildman–Crippen LogP) is 2.84. The summed E-state index contributed by atoms with van der Waals surface area (Å²) in [6, 6.07) is 4.34. The van der Waals surface area contributed by atoms with E-state index in [-0.39, 0.29) is 12.1 Å². The van der Waals surface area contributed by atoms with Crippen LogP contribution in [0.4, 0.5) is 0 Å². The Labute approximate surface area is 102 Å². The zero-order chi connectivity index (χ0) is 11.4. The van der Waals surface area contributed by atoms with Crippen molar-refractivity contribution in [1.29, 1.82) is 0 Å². The molecule has 0 aromatic carbocycles. The topological polar surface area (TPSA) is 32.3 Å². The molecule has 2 nitrogen and oxygen atoms in total. The van der Waals surface area contributed by atoms with Crippen molar-refractivity contribution in [3.05, 3.63) is 21.9 Å². The highest BCUT2D eigenvalue weighted by atomic mass is 32.1. The molecule has 1 aliphatic rings. The Kier molecular flexibility index (Phi) is 4.00. The van der Waals surface area contributed by atoms with Gasteiger partial charge in [-0.05, 0) is 31.9 Å². The first-order valence-electron chi connectivity index (χ1n) is 6.15. The van der Waals surface area contributed by atoms with E-state index in [1.807, 2.05) is 11.3 Å². The fourth-order valence-corrected chi connectivity index (χ4v) is 3.30. The molecule has 1 saturated carbocycles. The second-order valence-electron chi connectivity index (χ2n) is 4.87. The van der Waals surface area contributed by atoms with Gasteiger partial charge in [-0.3, -0.25) is 0 Å². The molecule has 0 amide bonds. The minimum absolute atomic E-state index is 0.00382. The highest BCUT2D eigenvalue weighted by Gasteiger charge is 2.30. The summed E-state index contributed by atoms with van der Waals surface area (Å²) in [5.74, 6) is 0. The fraction of sp³-hybridized carbons (Fsp3) is 0.692. The van der Waals surface area contributed by atoms with E-state index in [4.69, 9.17) is 0 Å². The van der Waals surface area contributed by atoms with E-state index in [2.05, 4.69) is 24.4 Å². The van der Waals surface area contributed by atoms with Gasteiger partial charge >= 0.3 is 0 Å². The molecule has 0 atom stereocenters. The van der Waals surface area contributed by atoms with Crippen LogP contribution in [0, 0.1) is 6.92 Å². The number of aliphatic hydroxyl groups excluding tert-OH is 1. The van der Waals surface area contributed by atoms with E-state index < -0.39 is 0 Å². The van der Waals surface area contributed by atoms with Gasteiger partial charge in [-0.2, -0.15) is 0 Å². The lowest BCUT2D eigenvalue weighted by Gasteiger charge is -2.36. The lowest BCUT2D eigenvalue weighted by Crippen LogP contribution is -2.49. The fourth-order valence-electron chi connectivity index (χ4n) is 2.47. The van der Waals surface area contributed by atoms with E-state index in [1.54, 1.807) is 0 Å². The summed E-state index contributed by atoms with van der Waals surface area (Å²) in [6.07, 6.45) is 6.05. The first-order valence-corrected chi connectivity index (χ1v) is 6.97. The first-order chi connectivity index (χ1) is 7.74. The summed E-state index contributed by atoms with van der Waals surface area (Å²) in [4.78, 5) is 2.73. The van der Waals surface area contributed by atoms with Crippen LogP contribution in [-0.4, -0.2) is 17.3 Å². The van der Waals surface area contributed by atoms with Gasteiger partial charge in [-0.25, -0.2) is 0 Å². The van der Waals surface area contributed by atoms with E-state index in [0.717, 1.165) is 19.4 Å². The first kappa shape index (κ1) is 12.1. The zero-order valence-electron chi connectivity index (χ0n) is 9.96. The quantitative estimate of drug-likeness (QED) is 0.847. The summed E-state index contributed by atoms with van der Waals surface area (Å²) < 4.78 is 0. The number of hydrogen-bond acceptors (Lipinski definition) is 3. The minimum Gasteiger partial charge on any atom is -0.394 e. The molecule has 0 spiro atoms. The molecule has 1 aromatic heterocycles. The van der Waals surface area contributed by atoms with Crippen LogP contribution in [0.1, 0.15) is 41.9 Å². The van der Waals surface area contributed by atoms with E-state index in [9.17, 15) is 5.11 Å². The third kappa shape index (κ3) is 2.84. The number of rotatable bonds is 4. The summed E-state index contributed by atoms with van der Waals surface area (Å²) in [6.45, 7) is 3.31. The molecular weight excluding hydrogens is 218 g/mol. The van der Waals surface area contributed by atoms with Crippen LogP contribution in [0.2, 0.25) is 0 Å². The van der Waals surface area contributed by atoms with Crippen LogP contribution in [0.15, 0.2) is 12.1 Å². The maximum absolute atomic E-state index is 9.57. The molecule has 1 aromatic rings. The summed E-state index contributed by atoms with van der Waals surface area (Å²) in [5, 5.41) is 13.1. The van der Waals surface area contributed by atoms with Crippen LogP contribution >= 0.6 is 11.3 Å². The average Bonchev–Trinajstić information content (AvgIpc) is 2.74. The molecule has 1 fully saturated rings. The van der Waals surface area contributed by atoms with Gasteiger partial charge in [-0.15, -0.1) is 11.3 Å². The van der Waals surface area contributed by atoms with Crippen molar-refractivity contribution < 1.29 is 5.11 Å². The summed E-state index contributed by atoms with van der Waals surface area (Å²) >= 11 is 1.84. The lowest BCUT2D eigenvalue weighted by atomic mass is 9.82. The molecule has 1 heterocycles. The van der Waals surface area contributed by atoms with Gasteiger partial charge in [0.2, 0.25) is 0 Å². The Morgan fingerprint density at radius 1 is 1.31 bits per heavy atom. The Hall–Kier alpha value is -0.380. The predicted molar refractivity (Wildman–Crippen MR) is 68.8 cm³/mol. The molecule has 1 aliphatic carbocycles. The maximum Gasteiger partial charge on any atom is 0.0613 e. The van der Waals surface area contributed by atoms with E-state index in [1.165, 1.54) is 29.0 Å². The Morgan fingerprint density at radius 2 is 2.06 bits per heavy atom. The minimum atomic E-state index is -0.00382. The SMILES string of the molecule is Cc1ccc(CNC2(CO)CCCCC2)s1. The van der Waals surface area contributed by atoms with Crippen LogP contribution in [0.25, 0.3) is 0 Å². The Balaban J connectivity index is 1.91. The molecule has 0 unspecified atom stereocenters. The van der Waals surface area contributed by atoms with Crippen molar-refractivity contribution >= 4 is 11.3 Å². The van der Waals surface area contributed by atoms with E-state index >= 15 is 0 Å². The normalized spacial score (nSPS) is 19.9. The summed E-state index contributed by atoms with van der Waals surface area (Å²) in [5.41, 5.74) is -0.00382. The van der Waals surface area contributed by atoms with Crippen LogP contribution < -0.4 is 5.32 Å². The van der Waals surface area contributed by atoms with Gasteiger partial charge in [-0.1, -0.05) is 19.3 Å². The van der Waals surface area contributed by atoms with Crippen LogP contribution in [-0.2, 0) is 6.54 Å². The second-order valence-corrected chi connectivity index (χ2v) is 6.24. The van der Waals surface area contributed by atoms with Gasteiger partial charge in [0.1, 0.15) is 0 Å². The highest BCUT2D eigenvalue weighted by molar-refractivity contribution is 7.11. The van der Waals surface area contributed by atoms with Crippen molar-refractivity contribution in [2.24, 2.45) is 0 Å². The van der Waals surface area contributed by atoms with Gasteiger partial charge in [0, 0.05) is 21.8 Å². The molecule has 0 bridgehead atoms. The maximum atomic E-state index is 9.57. The Bertz CT molecular complexity index is 328. The molecule has 0 radical (unpaired) electrons. The van der Waals surface area contributed by atoms with Gasteiger partial charge in [0.25, 0.3) is 0 Å². The molecular formula is C13H21NOS. The molecule has 16 heavy (non-hydrogen) atoms. The van der Waals surface area contributed by atoms with Gasteiger partial charge < -0.3 is 10.4 Å². The summed E-state index contributed by atoms with van der Waals surface area (Å²) in [7, 11) is 0. The van der Waals surface area contributed by atoms with Crippen LogP contribution in [0.3, 0.4) is 0 Å². The average molecular weight is 239 g/mol. The van der Waals surface area contributed by atoms with E-state index in [0.29, 0.717) is 0 Å². The van der Waals surface area contributed by atoms with Crippen molar-refractivity contribution in [1.82, 2.24) is 5.32 Å². The molecule has 3 heteroatoms. The third-order valence-corrected chi connectivity index (χ3v) is 4.55. The van der Waals surface area contributed by atoms with Gasteiger partial charge in [0.05, 0.1) is 6.61 Å². The van der Waals surface area contributed by atoms with Crippen molar-refractivity contribution in [3.8, 4) is 0 Å². The number of aryl methyl sites for hydroxylation is 1. The van der Waals surface area contributed by atoms with Crippen molar-refractivity contribution in [2.75, 3.05) is 6.61 Å². The molecule has 2 N–H and O–H groups in total. The highest BCUT2D eigenvalue weighted by Crippen LogP contribution is 2.28. The molecule has 2 rings (SSSR count). The smallest absolute Gasteiger partial charge is 0.0613 e. The molecule has 90 valence electrons. The van der Waals surface area contributed by atoms with Crippen molar-refractivity contribution in [2.45, 2.75) is 51.1 Å². The zero-order valence-corrected chi connectivity index (χ0v) is 10.8. The largest absolute Gasteiger partial charge is 0.394 e. The van der Waals surface area contributed by atoms with Gasteiger partial charge in [0.15, 0.2) is 0 Å². The standard InChI is InChI=1S/C13H21NOS/c1-11-5-6-12(16-11)9-14-13(10-15)7-3-2-4-8-13/h5-6,14-15H,2-4,7-10H2,1H3. The van der Waals surface area contributed by atoms with Crippen molar-refractivity contribution in [3.63, 3.8) is 0 Å². The lowest BCUT2D eigenvalue weighted by molar-refractivity contribution is 0.120.